The maximum absolute atomic E-state index is 12.4. The van der Waals surface area contributed by atoms with Crippen LogP contribution in [0.3, 0.4) is 0 Å². The first-order valence-electron chi connectivity index (χ1n) is 6.60. The number of halogens is 1. The fourth-order valence-corrected chi connectivity index (χ4v) is 3.47. The van der Waals surface area contributed by atoms with Crippen molar-refractivity contribution in [2.45, 2.75) is 17.6 Å². The number of amides is 1. The van der Waals surface area contributed by atoms with Crippen LogP contribution in [0.15, 0.2) is 29.4 Å². The topological polar surface area (TPSA) is 78.9 Å². The minimum atomic E-state index is -0.383. The fraction of sp³-hybridized carbons (Fsp3) is 0.429. The molecule has 1 amide bonds. The Hall–Kier alpha value is -1.40. The number of carbonyl (C=O) groups is 1. The van der Waals surface area contributed by atoms with Crippen LogP contribution in [-0.4, -0.2) is 45.9 Å². The Morgan fingerprint density at radius 2 is 1.95 bits per heavy atom. The van der Waals surface area contributed by atoms with Gasteiger partial charge in [0.15, 0.2) is 5.84 Å². The van der Waals surface area contributed by atoms with Crippen molar-refractivity contribution in [3.05, 3.63) is 34.9 Å². The van der Waals surface area contributed by atoms with Gasteiger partial charge in [0.05, 0.1) is 4.75 Å². The quantitative estimate of drug-likeness (QED) is 0.387. The number of hydrogen-bond donors (Lipinski definition) is 2. The Kier molecular flexibility index (Phi) is 5.00. The summed E-state index contributed by atoms with van der Waals surface area (Å²) in [5.41, 5.74) is 6.43. The van der Waals surface area contributed by atoms with Crippen LogP contribution in [0.1, 0.15) is 23.2 Å². The van der Waals surface area contributed by atoms with E-state index in [1.165, 1.54) is 0 Å². The monoisotopic (exact) mass is 327 g/mol. The van der Waals surface area contributed by atoms with Gasteiger partial charge >= 0.3 is 0 Å². The molecule has 7 heteroatoms. The molecule has 0 aromatic heterocycles. The standard InChI is InChI=1S/C14H18ClN3O2S/c1-21-14(13(16)17-20)6-8-18(9-7-14)12(19)10-2-4-11(15)5-3-10/h2-5,20H,6-9H2,1H3,(H2,16,17). The minimum absolute atomic E-state index is 0.0131. The maximum Gasteiger partial charge on any atom is 0.253 e. The van der Waals surface area contributed by atoms with Crippen molar-refractivity contribution in [3.63, 3.8) is 0 Å². The van der Waals surface area contributed by atoms with E-state index in [1.54, 1.807) is 40.9 Å². The first kappa shape index (κ1) is 16.0. The Morgan fingerprint density at radius 1 is 1.38 bits per heavy atom. The average molecular weight is 328 g/mol. The van der Waals surface area contributed by atoms with E-state index in [2.05, 4.69) is 5.16 Å². The highest BCUT2D eigenvalue weighted by Crippen LogP contribution is 2.35. The summed E-state index contributed by atoms with van der Waals surface area (Å²) in [4.78, 5) is 14.2. The van der Waals surface area contributed by atoms with Crippen LogP contribution in [0.25, 0.3) is 0 Å². The maximum atomic E-state index is 12.4. The lowest BCUT2D eigenvalue weighted by Gasteiger charge is -2.39. The number of likely N-dealkylation sites (tertiary alicyclic amines) is 1. The van der Waals surface area contributed by atoms with Crippen molar-refractivity contribution in [2.75, 3.05) is 19.3 Å². The molecule has 0 atom stereocenters. The van der Waals surface area contributed by atoms with Gasteiger partial charge < -0.3 is 15.8 Å². The molecule has 0 unspecified atom stereocenters. The minimum Gasteiger partial charge on any atom is -0.409 e. The van der Waals surface area contributed by atoms with Gasteiger partial charge in [0.25, 0.3) is 5.91 Å². The molecule has 21 heavy (non-hydrogen) atoms. The van der Waals surface area contributed by atoms with Crippen LogP contribution < -0.4 is 5.73 Å². The lowest BCUT2D eigenvalue weighted by molar-refractivity contribution is 0.0718. The molecule has 3 N–H and O–H groups in total. The fourth-order valence-electron chi connectivity index (χ4n) is 2.50. The summed E-state index contributed by atoms with van der Waals surface area (Å²) in [6, 6.07) is 6.87. The predicted molar refractivity (Wildman–Crippen MR) is 86.2 cm³/mol. The first-order valence-corrected chi connectivity index (χ1v) is 8.21. The SMILES string of the molecule is CSC1(C(N)=NO)CCN(C(=O)c2ccc(Cl)cc2)CC1. The van der Waals surface area contributed by atoms with Crippen LogP contribution in [0.2, 0.25) is 5.02 Å². The molecule has 0 bridgehead atoms. The summed E-state index contributed by atoms with van der Waals surface area (Å²) < 4.78 is -0.383. The summed E-state index contributed by atoms with van der Waals surface area (Å²) in [5, 5.41) is 12.7. The number of benzene rings is 1. The number of piperidine rings is 1. The van der Waals surface area contributed by atoms with E-state index < -0.39 is 0 Å². The van der Waals surface area contributed by atoms with Crippen LogP contribution >= 0.6 is 23.4 Å². The number of nitrogens with zero attached hydrogens (tertiary/aromatic N) is 2. The molecule has 5 nitrogen and oxygen atoms in total. The van der Waals surface area contributed by atoms with Gasteiger partial charge in [-0.25, -0.2) is 0 Å². The molecule has 1 aromatic rings. The highest BCUT2D eigenvalue weighted by Gasteiger charge is 2.39. The molecule has 1 aliphatic heterocycles. The zero-order valence-corrected chi connectivity index (χ0v) is 13.3. The van der Waals surface area contributed by atoms with E-state index in [0.717, 1.165) is 0 Å². The molecule has 114 valence electrons. The number of hydrogen-bond acceptors (Lipinski definition) is 4. The van der Waals surface area contributed by atoms with Crippen LogP contribution in [0.5, 0.6) is 0 Å². The van der Waals surface area contributed by atoms with Crippen molar-refractivity contribution in [1.82, 2.24) is 4.90 Å². The lowest BCUT2D eigenvalue weighted by Crippen LogP contribution is -2.51. The van der Waals surface area contributed by atoms with Crippen molar-refractivity contribution >= 4 is 35.1 Å². The van der Waals surface area contributed by atoms with Gasteiger partial charge in [0, 0.05) is 23.7 Å². The van der Waals surface area contributed by atoms with Gasteiger partial charge in [0.2, 0.25) is 0 Å². The largest absolute Gasteiger partial charge is 0.409 e. The van der Waals surface area contributed by atoms with Gasteiger partial charge in [-0.05, 0) is 43.4 Å². The molecule has 1 fully saturated rings. The molecule has 0 aliphatic carbocycles. The summed E-state index contributed by atoms with van der Waals surface area (Å²) in [6.07, 6.45) is 3.28. The third-order valence-corrected chi connectivity index (χ3v) is 5.57. The van der Waals surface area contributed by atoms with E-state index >= 15 is 0 Å². The van der Waals surface area contributed by atoms with Crippen LogP contribution in [0, 0.1) is 0 Å². The second-order valence-corrected chi connectivity index (χ2v) is 6.61. The molecule has 1 aliphatic rings. The van der Waals surface area contributed by atoms with Gasteiger partial charge in [-0.3, -0.25) is 4.79 Å². The Labute approximate surface area is 133 Å². The molecule has 1 aromatic carbocycles. The molecular weight excluding hydrogens is 310 g/mol. The summed E-state index contributed by atoms with van der Waals surface area (Å²) in [7, 11) is 0. The Bertz CT molecular complexity index is 540. The number of rotatable bonds is 3. The van der Waals surface area contributed by atoms with Crippen LogP contribution in [0.4, 0.5) is 0 Å². The number of nitrogens with two attached hydrogens (primary N) is 1. The van der Waals surface area contributed by atoms with Crippen molar-refractivity contribution in [2.24, 2.45) is 10.9 Å². The summed E-state index contributed by atoms with van der Waals surface area (Å²) >= 11 is 7.40. The predicted octanol–water partition coefficient (Wildman–Crippen LogP) is 2.42. The number of carbonyl (C=O) groups excluding carboxylic acids is 1. The normalized spacial score (nSPS) is 18.6. The van der Waals surface area contributed by atoms with Crippen molar-refractivity contribution < 1.29 is 10.0 Å². The first-order chi connectivity index (χ1) is 10.0. The van der Waals surface area contributed by atoms with Crippen molar-refractivity contribution in [3.8, 4) is 0 Å². The molecule has 0 radical (unpaired) electrons. The molecule has 1 saturated heterocycles. The molecule has 2 rings (SSSR count). The molecule has 0 spiro atoms. The summed E-state index contributed by atoms with van der Waals surface area (Å²) in [6.45, 7) is 1.16. The third-order valence-electron chi connectivity index (χ3n) is 3.91. The number of thioether (sulfide) groups is 1. The highest BCUT2D eigenvalue weighted by molar-refractivity contribution is 8.00. The number of amidine groups is 1. The molecule has 0 saturated carbocycles. The zero-order valence-electron chi connectivity index (χ0n) is 11.8. The highest BCUT2D eigenvalue weighted by atomic mass is 35.5. The molecular formula is C14H18ClN3O2S. The van der Waals surface area contributed by atoms with Gasteiger partial charge in [-0.2, -0.15) is 11.8 Å². The smallest absolute Gasteiger partial charge is 0.253 e. The van der Waals surface area contributed by atoms with E-state index in [0.29, 0.717) is 36.5 Å². The second kappa shape index (κ2) is 6.58. The average Bonchev–Trinajstić information content (AvgIpc) is 2.54. The van der Waals surface area contributed by atoms with Gasteiger partial charge in [0.1, 0.15) is 0 Å². The molecule has 1 heterocycles. The lowest BCUT2D eigenvalue weighted by atomic mass is 9.94. The number of oxime groups is 1. The second-order valence-electron chi connectivity index (χ2n) is 4.98. The van der Waals surface area contributed by atoms with Gasteiger partial charge in [-0.15, -0.1) is 0 Å². The van der Waals surface area contributed by atoms with E-state index in [1.807, 2.05) is 6.26 Å². The van der Waals surface area contributed by atoms with Gasteiger partial charge in [-0.1, -0.05) is 16.8 Å². The zero-order chi connectivity index (χ0) is 15.5. The van der Waals surface area contributed by atoms with Crippen LogP contribution in [-0.2, 0) is 0 Å². The Morgan fingerprint density at radius 3 is 2.43 bits per heavy atom. The van der Waals surface area contributed by atoms with E-state index in [9.17, 15) is 4.79 Å². The third kappa shape index (κ3) is 3.27. The van der Waals surface area contributed by atoms with E-state index in [4.69, 9.17) is 22.5 Å². The summed E-state index contributed by atoms with van der Waals surface area (Å²) in [5.74, 6) is 0.217. The van der Waals surface area contributed by atoms with E-state index in [-0.39, 0.29) is 16.5 Å². The van der Waals surface area contributed by atoms with Crippen molar-refractivity contribution in [1.29, 1.82) is 0 Å². The Balaban J connectivity index is 2.07.